The third-order valence-corrected chi connectivity index (χ3v) is 3.68. The minimum atomic E-state index is -0.289. The minimum Gasteiger partial charge on any atom is -0.393 e. The van der Waals surface area contributed by atoms with Crippen molar-refractivity contribution < 1.29 is 4.79 Å². The Labute approximate surface area is 110 Å². The fraction of sp³-hybridized carbons (Fsp3) is 0.846. The van der Waals surface area contributed by atoms with Crippen molar-refractivity contribution >= 4 is 23.1 Å². The second-order valence-corrected chi connectivity index (χ2v) is 5.51. The quantitative estimate of drug-likeness (QED) is 0.656. The van der Waals surface area contributed by atoms with Crippen LogP contribution in [0.3, 0.4) is 0 Å². The molecule has 2 atom stereocenters. The number of amides is 1. The van der Waals surface area contributed by atoms with Crippen LogP contribution in [-0.2, 0) is 4.79 Å². The molecule has 0 aromatic heterocycles. The maximum absolute atomic E-state index is 12.1. The van der Waals surface area contributed by atoms with E-state index in [-0.39, 0.29) is 11.8 Å². The van der Waals surface area contributed by atoms with Crippen LogP contribution < -0.4 is 11.1 Å². The van der Waals surface area contributed by atoms with Gasteiger partial charge in [-0.1, -0.05) is 45.3 Å². The van der Waals surface area contributed by atoms with E-state index >= 15 is 0 Å². The molecule has 0 saturated heterocycles. The Kier molecular flexibility index (Phi) is 5.89. The highest BCUT2D eigenvalue weighted by Crippen LogP contribution is 2.34. The standard InChI is InChI=1S/C13H24N2OS/c1-3-5-11(12(14)17)13(16)15-10(4-2)8-9-6-7-9/h9-11H,3-8H2,1-2H3,(H2,14,17)(H,15,16). The lowest BCUT2D eigenvalue weighted by molar-refractivity contribution is -0.124. The van der Waals surface area contributed by atoms with Crippen LogP contribution in [0.15, 0.2) is 0 Å². The summed E-state index contributed by atoms with van der Waals surface area (Å²) in [5.74, 6) is 0.560. The minimum absolute atomic E-state index is 0.0202. The molecule has 1 amide bonds. The summed E-state index contributed by atoms with van der Waals surface area (Å²) in [6.07, 6.45) is 6.41. The summed E-state index contributed by atoms with van der Waals surface area (Å²) in [5.41, 5.74) is 5.63. The summed E-state index contributed by atoms with van der Waals surface area (Å²) in [6.45, 7) is 4.16. The highest BCUT2D eigenvalue weighted by Gasteiger charge is 2.27. The molecule has 1 aliphatic rings. The van der Waals surface area contributed by atoms with Crippen LogP contribution in [0.25, 0.3) is 0 Å². The maximum atomic E-state index is 12.1. The van der Waals surface area contributed by atoms with Crippen LogP contribution >= 0.6 is 12.2 Å². The number of hydrogen-bond donors (Lipinski definition) is 2. The number of nitrogens with two attached hydrogens (primary N) is 1. The van der Waals surface area contributed by atoms with Crippen LogP contribution in [-0.4, -0.2) is 16.9 Å². The van der Waals surface area contributed by atoms with E-state index in [0.29, 0.717) is 11.0 Å². The van der Waals surface area contributed by atoms with Gasteiger partial charge < -0.3 is 11.1 Å². The summed E-state index contributed by atoms with van der Waals surface area (Å²) in [5, 5.41) is 3.10. The Morgan fingerprint density at radius 3 is 2.53 bits per heavy atom. The molecule has 2 unspecified atom stereocenters. The fourth-order valence-electron chi connectivity index (χ4n) is 2.08. The largest absolute Gasteiger partial charge is 0.393 e. The number of carbonyl (C=O) groups excluding carboxylic acids is 1. The molecule has 0 heterocycles. The molecule has 1 rings (SSSR count). The molecule has 0 aromatic rings. The number of carbonyl (C=O) groups is 1. The predicted molar refractivity (Wildman–Crippen MR) is 74.7 cm³/mol. The Morgan fingerprint density at radius 2 is 2.12 bits per heavy atom. The lowest BCUT2D eigenvalue weighted by Gasteiger charge is -2.21. The van der Waals surface area contributed by atoms with Gasteiger partial charge in [-0.25, -0.2) is 0 Å². The van der Waals surface area contributed by atoms with Crippen molar-refractivity contribution in [2.75, 3.05) is 0 Å². The molecule has 98 valence electrons. The molecule has 4 heteroatoms. The highest BCUT2D eigenvalue weighted by molar-refractivity contribution is 7.80. The first-order valence-corrected chi connectivity index (χ1v) is 7.08. The number of thiocarbonyl (C=S) groups is 1. The lowest BCUT2D eigenvalue weighted by Crippen LogP contribution is -2.43. The highest BCUT2D eigenvalue weighted by atomic mass is 32.1. The normalized spacial score (nSPS) is 18.5. The van der Waals surface area contributed by atoms with Crippen molar-refractivity contribution in [2.24, 2.45) is 17.6 Å². The van der Waals surface area contributed by atoms with Gasteiger partial charge in [0.2, 0.25) is 5.91 Å². The molecule has 17 heavy (non-hydrogen) atoms. The molecular weight excluding hydrogens is 232 g/mol. The van der Waals surface area contributed by atoms with Crippen LogP contribution in [0.1, 0.15) is 52.4 Å². The lowest BCUT2D eigenvalue weighted by atomic mass is 10.0. The molecule has 1 aliphatic carbocycles. The van der Waals surface area contributed by atoms with E-state index in [1.165, 1.54) is 12.8 Å². The van der Waals surface area contributed by atoms with Gasteiger partial charge in [0.25, 0.3) is 0 Å². The molecule has 0 spiro atoms. The summed E-state index contributed by atoms with van der Waals surface area (Å²) in [6, 6.07) is 0.295. The summed E-state index contributed by atoms with van der Waals surface area (Å²) < 4.78 is 0. The van der Waals surface area contributed by atoms with Crippen molar-refractivity contribution in [3.63, 3.8) is 0 Å². The molecule has 3 nitrogen and oxygen atoms in total. The molecule has 3 N–H and O–H groups in total. The SMILES string of the molecule is CCCC(C(=O)NC(CC)CC1CC1)C(N)=S. The smallest absolute Gasteiger partial charge is 0.230 e. The van der Waals surface area contributed by atoms with Gasteiger partial charge in [-0.3, -0.25) is 4.79 Å². The number of hydrogen-bond acceptors (Lipinski definition) is 2. The van der Waals surface area contributed by atoms with Gasteiger partial charge in [0, 0.05) is 6.04 Å². The third-order valence-electron chi connectivity index (χ3n) is 3.39. The average molecular weight is 256 g/mol. The number of rotatable bonds is 8. The maximum Gasteiger partial charge on any atom is 0.230 e. The first-order valence-electron chi connectivity index (χ1n) is 6.68. The molecule has 0 radical (unpaired) electrons. The molecular formula is C13H24N2OS. The topological polar surface area (TPSA) is 55.1 Å². The number of nitrogens with one attached hydrogen (secondary N) is 1. The molecule has 1 saturated carbocycles. The van der Waals surface area contributed by atoms with Gasteiger partial charge in [0.05, 0.1) is 10.9 Å². The average Bonchev–Trinajstić information content (AvgIpc) is 3.08. The summed E-state index contributed by atoms with van der Waals surface area (Å²) in [4.78, 5) is 12.4. The van der Waals surface area contributed by atoms with Crippen LogP contribution in [0.4, 0.5) is 0 Å². The van der Waals surface area contributed by atoms with Gasteiger partial charge >= 0.3 is 0 Å². The van der Waals surface area contributed by atoms with E-state index < -0.39 is 0 Å². The Balaban J connectivity index is 2.44. The van der Waals surface area contributed by atoms with E-state index in [0.717, 1.165) is 31.6 Å². The van der Waals surface area contributed by atoms with Crippen molar-refractivity contribution in [3.05, 3.63) is 0 Å². The zero-order chi connectivity index (χ0) is 12.8. The second kappa shape index (κ2) is 6.94. The van der Waals surface area contributed by atoms with Gasteiger partial charge in [0.15, 0.2) is 0 Å². The summed E-state index contributed by atoms with van der Waals surface area (Å²) in [7, 11) is 0. The predicted octanol–water partition coefficient (Wildman–Crippen LogP) is 2.38. The molecule has 0 aliphatic heterocycles. The zero-order valence-electron chi connectivity index (χ0n) is 10.9. The van der Waals surface area contributed by atoms with E-state index in [1.54, 1.807) is 0 Å². The van der Waals surface area contributed by atoms with Gasteiger partial charge in [0.1, 0.15) is 0 Å². The van der Waals surface area contributed by atoms with Crippen LogP contribution in [0.5, 0.6) is 0 Å². The van der Waals surface area contributed by atoms with E-state index in [2.05, 4.69) is 12.2 Å². The van der Waals surface area contributed by atoms with Crippen LogP contribution in [0.2, 0.25) is 0 Å². The first-order chi connectivity index (χ1) is 8.08. The Bertz CT molecular complexity index is 277. The van der Waals surface area contributed by atoms with Gasteiger partial charge in [-0.2, -0.15) is 0 Å². The second-order valence-electron chi connectivity index (χ2n) is 5.04. The Hall–Kier alpha value is -0.640. The summed E-state index contributed by atoms with van der Waals surface area (Å²) >= 11 is 4.96. The van der Waals surface area contributed by atoms with Crippen molar-refractivity contribution in [1.82, 2.24) is 5.32 Å². The van der Waals surface area contributed by atoms with Crippen molar-refractivity contribution in [2.45, 2.75) is 58.4 Å². The van der Waals surface area contributed by atoms with E-state index in [4.69, 9.17) is 18.0 Å². The van der Waals surface area contributed by atoms with Gasteiger partial charge in [-0.05, 0) is 25.2 Å². The third kappa shape index (κ3) is 5.02. The molecule has 0 bridgehead atoms. The first kappa shape index (κ1) is 14.4. The zero-order valence-corrected chi connectivity index (χ0v) is 11.7. The van der Waals surface area contributed by atoms with Crippen LogP contribution in [0, 0.1) is 11.8 Å². The monoisotopic (exact) mass is 256 g/mol. The molecule has 1 fully saturated rings. The van der Waals surface area contributed by atoms with E-state index in [9.17, 15) is 4.79 Å². The Morgan fingerprint density at radius 1 is 1.47 bits per heavy atom. The van der Waals surface area contributed by atoms with Crippen molar-refractivity contribution in [1.29, 1.82) is 0 Å². The molecule has 0 aromatic carbocycles. The van der Waals surface area contributed by atoms with Crippen molar-refractivity contribution in [3.8, 4) is 0 Å². The van der Waals surface area contributed by atoms with Gasteiger partial charge in [-0.15, -0.1) is 0 Å². The fourth-order valence-corrected chi connectivity index (χ4v) is 2.30. The van der Waals surface area contributed by atoms with E-state index in [1.807, 2.05) is 6.92 Å².